The summed E-state index contributed by atoms with van der Waals surface area (Å²) in [4.78, 5) is 16.5. The Morgan fingerprint density at radius 3 is 2.62 bits per heavy atom. The molecule has 0 saturated heterocycles. The van der Waals surface area contributed by atoms with Crippen LogP contribution in [0.15, 0.2) is 30.3 Å². The van der Waals surface area contributed by atoms with Crippen LogP contribution in [0.4, 0.5) is 23.2 Å². The molecule has 1 aliphatic carbocycles. The van der Waals surface area contributed by atoms with Crippen LogP contribution in [0.5, 0.6) is 0 Å². The van der Waals surface area contributed by atoms with Crippen molar-refractivity contribution >= 4 is 22.5 Å². The van der Waals surface area contributed by atoms with E-state index in [4.69, 9.17) is 0 Å². The van der Waals surface area contributed by atoms with E-state index in [1.54, 1.807) is 10.7 Å². The predicted octanol–water partition coefficient (Wildman–Crippen LogP) is 5.32. The lowest BCUT2D eigenvalue weighted by Crippen LogP contribution is -2.42. The number of carbonyl (C=O) groups excluding carboxylic acids is 1. The number of fused-ring (bicyclic) bond motifs is 1. The molecule has 1 aliphatic rings. The fourth-order valence-electron chi connectivity index (χ4n) is 4.46. The Kier molecular flexibility index (Phi) is 6.77. The molecule has 0 unspecified atom stereocenters. The number of aryl methyl sites for hydroxylation is 2. The molecule has 0 spiro atoms. The second-order valence-electron chi connectivity index (χ2n) is 8.58. The zero-order valence-electron chi connectivity index (χ0n) is 19.0. The van der Waals surface area contributed by atoms with Gasteiger partial charge in [-0.05, 0) is 69.4 Å². The van der Waals surface area contributed by atoms with Crippen molar-refractivity contribution in [3.63, 3.8) is 0 Å². The molecule has 1 saturated carbocycles. The molecule has 2 N–H and O–H groups in total. The number of benzene rings is 1. The first-order valence-corrected chi connectivity index (χ1v) is 11.5. The van der Waals surface area contributed by atoms with Crippen molar-refractivity contribution in [2.45, 2.75) is 70.8 Å². The zero-order valence-corrected chi connectivity index (χ0v) is 19.0. The van der Waals surface area contributed by atoms with Crippen LogP contribution >= 0.6 is 0 Å². The Balaban J connectivity index is 1.52. The van der Waals surface area contributed by atoms with Crippen LogP contribution < -0.4 is 10.6 Å². The number of alkyl halides is 3. The van der Waals surface area contributed by atoms with Gasteiger partial charge in [0.15, 0.2) is 0 Å². The second kappa shape index (κ2) is 9.60. The number of amides is 1. The average Bonchev–Trinajstić information content (AvgIpc) is 3.23. The Bertz CT molecular complexity index is 1190. The first kappa shape index (κ1) is 24.0. The van der Waals surface area contributed by atoms with Gasteiger partial charge in [0.1, 0.15) is 17.2 Å². The highest BCUT2D eigenvalue weighted by Crippen LogP contribution is 2.34. The van der Waals surface area contributed by atoms with Crippen molar-refractivity contribution in [2.75, 3.05) is 5.32 Å². The Labute approximate surface area is 194 Å². The van der Waals surface area contributed by atoms with Crippen molar-refractivity contribution < 1.29 is 22.4 Å². The van der Waals surface area contributed by atoms with Gasteiger partial charge in [-0.3, -0.25) is 9.48 Å². The first-order valence-electron chi connectivity index (χ1n) is 11.5. The third kappa shape index (κ3) is 5.15. The minimum absolute atomic E-state index is 0.0685. The van der Waals surface area contributed by atoms with Crippen molar-refractivity contribution in [3.8, 4) is 0 Å². The summed E-state index contributed by atoms with van der Waals surface area (Å²) in [5.41, 5.74) is 0.561. The predicted molar refractivity (Wildman–Crippen MR) is 121 cm³/mol. The summed E-state index contributed by atoms with van der Waals surface area (Å²) >= 11 is 0. The lowest BCUT2D eigenvalue weighted by Gasteiger charge is -2.31. The minimum Gasteiger partial charge on any atom is -0.382 e. The lowest BCUT2D eigenvalue weighted by molar-refractivity contribution is -0.140. The molecular formula is C24H27F4N5O. The molecule has 3 aromatic rings. The molecule has 2 aromatic heterocycles. The minimum atomic E-state index is -4.62. The maximum atomic E-state index is 13.9. The fraction of sp³-hybridized carbons (Fsp3) is 0.458. The second-order valence-corrected chi connectivity index (χ2v) is 8.58. The van der Waals surface area contributed by atoms with Gasteiger partial charge in [0.25, 0.3) is 5.91 Å². The van der Waals surface area contributed by atoms with Crippen LogP contribution in [0.3, 0.4) is 0 Å². The van der Waals surface area contributed by atoms with Crippen molar-refractivity contribution in [1.82, 2.24) is 20.1 Å². The fourth-order valence-corrected chi connectivity index (χ4v) is 4.46. The Morgan fingerprint density at radius 2 is 1.91 bits per heavy atom. The third-order valence-corrected chi connectivity index (χ3v) is 6.16. The topological polar surface area (TPSA) is 71.8 Å². The maximum Gasteiger partial charge on any atom is 0.433 e. The third-order valence-electron chi connectivity index (χ3n) is 6.16. The molecular weight excluding hydrogens is 450 g/mol. The van der Waals surface area contributed by atoms with Gasteiger partial charge in [-0.2, -0.15) is 18.3 Å². The summed E-state index contributed by atoms with van der Waals surface area (Å²) in [5, 5.41) is 10.9. The molecule has 34 heavy (non-hydrogen) atoms. The Morgan fingerprint density at radius 1 is 1.15 bits per heavy atom. The Hall–Kier alpha value is -3.17. The van der Waals surface area contributed by atoms with Crippen LogP contribution in [0.1, 0.15) is 61.4 Å². The number of nitrogens with zero attached hydrogens (tertiary/aromatic N) is 3. The molecule has 2 atom stereocenters. The summed E-state index contributed by atoms with van der Waals surface area (Å²) in [7, 11) is 0. The summed E-state index contributed by atoms with van der Waals surface area (Å²) in [6.07, 6.45) is -1.08. The first-order chi connectivity index (χ1) is 16.2. The van der Waals surface area contributed by atoms with Crippen molar-refractivity contribution in [2.24, 2.45) is 0 Å². The molecule has 4 rings (SSSR count). The number of anilines is 1. The summed E-state index contributed by atoms with van der Waals surface area (Å²) in [6, 6.07) is 5.91. The number of aromatic nitrogens is 3. The zero-order chi connectivity index (χ0) is 24.5. The number of rotatable bonds is 6. The van der Waals surface area contributed by atoms with Gasteiger partial charge in [0.05, 0.1) is 11.2 Å². The maximum absolute atomic E-state index is 13.9. The molecule has 1 fully saturated rings. The highest BCUT2D eigenvalue weighted by molar-refractivity contribution is 5.93. The van der Waals surface area contributed by atoms with E-state index < -0.39 is 17.7 Å². The molecule has 2 heterocycles. The SMILES string of the molecule is CCc1cc(C(=O)N[C@@H]2CCC[C@H](Nc3cc(C(F)(F)F)nc4ccc(F)cc34)C2)n(CC)n1. The smallest absolute Gasteiger partial charge is 0.382 e. The van der Waals surface area contributed by atoms with E-state index in [2.05, 4.69) is 20.7 Å². The van der Waals surface area contributed by atoms with Gasteiger partial charge in [-0.1, -0.05) is 6.92 Å². The molecule has 6 nitrogen and oxygen atoms in total. The summed E-state index contributed by atoms with van der Waals surface area (Å²) in [6.45, 7) is 4.46. The number of hydrogen-bond acceptors (Lipinski definition) is 4. The number of carbonyl (C=O) groups is 1. The largest absolute Gasteiger partial charge is 0.433 e. The van der Waals surface area contributed by atoms with E-state index >= 15 is 0 Å². The van der Waals surface area contributed by atoms with Crippen LogP contribution in [0.25, 0.3) is 10.9 Å². The summed E-state index contributed by atoms with van der Waals surface area (Å²) < 4.78 is 55.7. The highest BCUT2D eigenvalue weighted by Gasteiger charge is 2.34. The molecule has 0 bridgehead atoms. The molecule has 182 valence electrons. The van der Waals surface area contributed by atoms with Gasteiger partial charge in [0, 0.05) is 29.7 Å². The monoisotopic (exact) mass is 477 g/mol. The van der Waals surface area contributed by atoms with E-state index in [1.165, 1.54) is 12.1 Å². The molecule has 0 radical (unpaired) electrons. The van der Waals surface area contributed by atoms with E-state index in [0.717, 1.165) is 43.5 Å². The van der Waals surface area contributed by atoms with Crippen molar-refractivity contribution in [1.29, 1.82) is 0 Å². The van der Waals surface area contributed by atoms with E-state index in [-0.39, 0.29) is 34.6 Å². The molecule has 0 aliphatic heterocycles. The standard InChI is InChI=1S/C24H27F4N5O/c1-3-15-12-21(33(4-2)32-15)23(34)30-17-7-5-6-16(11-17)29-20-13-22(24(26,27)28)31-19-9-8-14(25)10-18(19)20/h8-10,12-13,16-17H,3-7,11H2,1-2H3,(H,29,31)(H,30,34)/t16-,17+/m0/s1. The van der Waals surface area contributed by atoms with Gasteiger partial charge in [0.2, 0.25) is 0 Å². The van der Waals surface area contributed by atoms with Gasteiger partial charge in [-0.15, -0.1) is 0 Å². The van der Waals surface area contributed by atoms with Gasteiger partial charge < -0.3 is 10.6 Å². The van der Waals surface area contributed by atoms with E-state index in [0.29, 0.717) is 18.7 Å². The number of pyridine rings is 1. The van der Waals surface area contributed by atoms with Crippen LogP contribution in [0, 0.1) is 5.82 Å². The molecule has 1 aromatic carbocycles. The molecule has 1 amide bonds. The van der Waals surface area contributed by atoms with E-state index in [9.17, 15) is 22.4 Å². The van der Waals surface area contributed by atoms with Crippen molar-refractivity contribution in [3.05, 3.63) is 53.2 Å². The van der Waals surface area contributed by atoms with Crippen LogP contribution in [-0.4, -0.2) is 32.8 Å². The highest BCUT2D eigenvalue weighted by atomic mass is 19.4. The number of hydrogen-bond donors (Lipinski definition) is 2. The number of nitrogens with one attached hydrogen (secondary N) is 2. The normalized spacial score (nSPS) is 18.8. The average molecular weight is 478 g/mol. The lowest BCUT2D eigenvalue weighted by atomic mass is 9.90. The van der Waals surface area contributed by atoms with Gasteiger partial charge in [-0.25, -0.2) is 9.37 Å². The molecule has 10 heteroatoms. The quantitative estimate of drug-likeness (QED) is 0.471. The van der Waals surface area contributed by atoms with Gasteiger partial charge >= 0.3 is 6.18 Å². The number of halogens is 4. The summed E-state index contributed by atoms with van der Waals surface area (Å²) in [5.74, 6) is -0.764. The van der Waals surface area contributed by atoms with Crippen LogP contribution in [-0.2, 0) is 19.1 Å². The van der Waals surface area contributed by atoms with Crippen LogP contribution in [0.2, 0.25) is 0 Å². The van der Waals surface area contributed by atoms with E-state index in [1.807, 2.05) is 13.8 Å².